The number of aromatic amines is 1. The van der Waals surface area contributed by atoms with Crippen LogP contribution >= 0.6 is 11.8 Å². The van der Waals surface area contributed by atoms with Gasteiger partial charge >= 0.3 is 5.24 Å². The number of nitrogens with one attached hydrogen (secondary N) is 1. The lowest BCUT2D eigenvalue weighted by Crippen LogP contribution is -2.34. The van der Waals surface area contributed by atoms with Crippen molar-refractivity contribution in [1.29, 1.82) is 0 Å². The summed E-state index contributed by atoms with van der Waals surface area (Å²) >= 11 is 1.06. The Hall–Kier alpha value is -2.05. The van der Waals surface area contributed by atoms with Gasteiger partial charge in [-0.3, -0.25) is 14.7 Å². The molecule has 5 nitrogen and oxygen atoms in total. The Labute approximate surface area is 139 Å². The van der Waals surface area contributed by atoms with E-state index in [4.69, 9.17) is 5.73 Å². The lowest BCUT2D eigenvalue weighted by molar-refractivity contribution is 0.257. The van der Waals surface area contributed by atoms with Crippen molar-refractivity contribution in [3.8, 4) is 11.1 Å². The number of carbonyl (C=O) groups excluding carboxylic acids is 1. The van der Waals surface area contributed by atoms with E-state index in [-0.39, 0.29) is 10.8 Å². The zero-order valence-corrected chi connectivity index (χ0v) is 14.4. The van der Waals surface area contributed by atoms with Gasteiger partial charge in [-0.05, 0) is 31.9 Å². The zero-order chi connectivity index (χ0) is 17.2. The molecule has 23 heavy (non-hydrogen) atoms. The number of nitrogens with two attached hydrogens (primary N) is 1. The summed E-state index contributed by atoms with van der Waals surface area (Å²) in [7, 11) is 0. The van der Waals surface area contributed by atoms with E-state index in [0.717, 1.165) is 22.9 Å². The largest absolute Gasteiger partial charge is 0.321 e. The van der Waals surface area contributed by atoms with Crippen LogP contribution in [0.2, 0.25) is 0 Å². The van der Waals surface area contributed by atoms with E-state index in [2.05, 4.69) is 11.7 Å². The highest BCUT2D eigenvalue weighted by molar-refractivity contribution is 8.13. The van der Waals surface area contributed by atoms with Crippen molar-refractivity contribution < 1.29 is 4.79 Å². The fourth-order valence-electron chi connectivity index (χ4n) is 2.48. The van der Waals surface area contributed by atoms with Gasteiger partial charge in [0.1, 0.15) is 0 Å². The van der Waals surface area contributed by atoms with Crippen LogP contribution in [0.3, 0.4) is 0 Å². The molecular formula is C17H21N3O2S. The lowest BCUT2D eigenvalue weighted by atomic mass is 9.92. The average molecular weight is 331 g/mol. The van der Waals surface area contributed by atoms with Gasteiger partial charge in [0.2, 0.25) is 0 Å². The molecule has 0 aliphatic heterocycles. The molecule has 1 heterocycles. The minimum atomic E-state index is -0.860. The molecule has 0 bridgehead atoms. The molecule has 0 fully saturated rings. The van der Waals surface area contributed by atoms with Crippen LogP contribution < -0.4 is 11.3 Å². The number of hydrogen-bond donors (Lipinski definition) is 2. The second-order valence-corrected chi connectivity index (χ2v) is 6.87. The fourth-order valence-corrected chi connectivity index (χ4v) is 3.00. The quantitative estimate of drug-likeness (QED) is 0.843. The van der Waals surface area contributed by atoms with Crippen molar-refractivity contribution in [2.24, 2.45) is 5.73 Å². The van der Waals surface area contributed by atoms with Crippen LogP contribution in [0.15, 0.2) is 41.7 Å². The first kappa shape index (κ1) is 17.3. The summed E-state index contributed by atoms with van der Waals surface area (Å²) in [6.07, 6.45) is 1.64. The summed E-state index contributed by atoms with van der Waals surface area (Å²) in [6, 6.07) is 7.55. The molecule has 2 aromatic rings. The Kier molecular flexibility index (Phi) is 4.97. The molecule has 0 unspecified atom stereocenters. The second kappa shape index (κ2) is 6.60. The van der Waals surface area contributed by atoms with Crippen LogP contribution in [0.5, 0.6) is 0 Å². The molecular weight excluding hydrogens is 310 g/mol. The summed E-state index contributed by atoms with van der Waals surface area (Å²) in [5.41, 5.74) is 7.75. The third-order valence-electron chi connectivity index (χ3n) is 3.43. The monoisotopic (exact) mass is 331 g/mol. The maximum atomic E-state index is 12.5. The van der Waals surface area contributed by atoms with Crippen LogP contribution in [0.4, 0.5) is 4.79 Å². The van der Waals surface area contributed by atoms with E-state index in [9.17, 15) is 9.59 Å². The van der Waals surface area contributed by atoms with Gasteiger partial charge < -0.3 is 5.73 Å². The smallest absolute Gasteiger partial charge is 0.304 e. The molecule has 3 N–H and O–H groups in total. The Balaban J connectivity index is 2.71. The molecule has 0 radical (unpaired) electrons. The molecule has 0 atom stereocenters. The highest BCUT2D eigenvalue weighted by Crippen LogP contribution is 2.30. The first-order valence-corrected chi connectivity index (χ1v) is 8.24. The van der Waals surface area contributed by atoms with E-state index in [1.807, 2.05) is 31.2 Å². The van der Waals surface area contributed by atoms with Crippen LogP contribution in [0.25, 0.3) is 11.1 Å². The number of carbonyl (C=O) groups is 1. The third-order valence-corrected chi connectivity index (χ3v) is 4.26. The Bertz CT molecular complexity index is 797. The second-order valence-electron chi connectivity index (χ2n) is 5.90. The van der Waals surface area contributed by atoms with Gasteiger partial charge in [-0.15, -0.1) is 6.58 Å². The van der Waals surface area contributed by atoms with Gasteiger partial charge in [-0.2, -0.15) is 0 Å². The molecule has 122 valence electrons. The highest BCUT2D eigenvalue weighted by Gasteiger charge is 2.30. The normalized spacial score (nSPS) is 11.5. The molecule has 2 rings (SSSR count). The maximum Gasteiger partial charge on any atom is 0.304 e. The van der Waals surface area contributed by atoms with Crippen molar-refractivity contribution in [2.75, 3.05) is 5.75 Å². The van der Waals surface area contributed by atoms with Gasteiger partial charge in [0, 0.05) is 5.75 Å². The van der Waals surface area contributed by atoms with Crippen molar-refractivity contribution in [1.82, 2.24) is 9.78 Å². The predicted octanol–water partition coefficient (Wildman–Crippen LogP) is 3.23. The van der Waals surface area contributed by atoms with Crippen LogP contribution in [0, 0.1) is 6.92 Å². The van der Waals surface area contributed by atoms with E-state index in [0.29, 0.717) is 17.0 Å². The van der Waals surface area contributed by atoms with Crippen LogP contribution in [0.1, 0.15) is 25.1 Å². The molecule has 0 aliphatic rings. The zero-order valence-electron chi connectivity index (χ0n) is 13.6. The minimum Gasteiger partial charge on any atom is -0.321 e. The van der Waals surface area contributed by atoms with E-state index >= 15 is 0 Å². The van der Waals surface area contributed by atoms with Gasteiger partial charge in [-0.25, -0.2) is 4.68 Å². The summed E-state index contributed by atoms with van der Waals surface area (Å²) in [6.45, 7) is 9.08. The van der Waals surface area contributed by atoms with Crippen molar-refractivity contribution in [3.05, 3.63) is 58.5 Å². The summed E-state index contributed by atoms with van der Waals surface area (Å²) in [4.78, 5) is 24.9. The van der Waals surface area contributed by atoms with Crippen molar-refractivity contribution in [3.63, 3.8) is 0 Å². The molecule has 0 saturated carbocycles. The number of H-pyrrole nitrogens is 1. The summed E-state index contributed by atoms with van der Waals surface area (Å²) in [5, 5.41) is 2.35. The molecule has 0 aliphatic carbocycles. The molecule has 0 saturated heterocycles. The highest BCUT2D eigenvalue weighted by atomic mass is 32.2. The first-order valence-electron chi connectivity index (χ1n) is 7.25. The summed E-state index contributed by atoms with van der Waals surface area (Å²) < 4.78 is 1.26. The first-order chi connectivity index (χ1) is 10.8. The predicted molar refractivity (Wildman–Crippen MR) is 95.9 cm³/mol. The minimum absolute atomic E-state index is 0.282. The standard InChI is InChI=1S/C17H21N3O2S/c1-5-10-23-16(22)20-14(17(3,4)18)13(15(21)19-20)12-9-7-6-8-11(12)2/h5-9H,1,10,18H2,2-4H3,(H,19,21). The van der Waals surface area contributed by atoms with Gasteiger partial charge in [0.25, 0.3) is 5.56 Å². The van der Waals surface area contributed by atoms with Gasteiger partial charge in [0.05, 0.1) is 16.8 Å². The Morgan fingerprint density at radius 2 is 2.09 bits per heavy atom. The van der Waals surface area contributed by atoms with Crippen LogP contribution in [-0.2, 0) is 5.54 Å². The Morgan fingerprint density at radius 1 is 1.43 bits per heavy atom. The number of benzene rings is 1. The van der Waals surface area contributed by atoms with Crippen LogP contribution in [-0.4, -0.2) is 20.8 Å². The average Bonchev–Trinajstić information content (AvgIpc) is 2.83. The number of rotatable bonds is 4. The SMILES string of the molecule is C=CCSC(=O)n1[nH]c(=O)c(-c2ccccc2C)c1C(C)(C)N. The molecule has 1 aromatic heterocycles. The Morgan fingerprint density at radius 3 is 2.65 bits per heavy atom. The number of hydrogen-bond acceptors (Lipinski definition) is 4. The number of nitrogens with zero attached hydrogens (tertiary/aromatic N) is 1. The molecule has 0 spiro atoms. The molecule has 6 heteroatoms. The fraction of sp³-hybridized carbons (Fsp3) is 0.294. The van der Waals surface area contributed by atoms with E-state index < -0.39 is 5.54 Å². The van der Waals surface area contributed by atoms with Gasteiger partial charge in [0.15, 0.2) is 0 Å². The van der Waals surface area contributed by atoms with E-state index in [1.165, 1.54) is 4.68 Å². The van der Waals surface area contributed by atoms with E-state index in [1.54, 1.807) is 19.9 Å². The summed E-state index contributed by atoms with van der Waals surface area (Å²) in [5.74, 6) is 0.461. The number of thioether (sulfide) groups is 1. The van der Waals surface area contributed by atoms with Crippen molar-refractivity contribution in [2.45, 2.75) is 26.3 Å². The molecule has 1 aromatic carbocycles. The lowest BCUT2D eigenvalue weighted by Gasteiger charge is -2.22. The maximum absolute atomic E-state index is 12.5. The number of aromatic nitrogens is 2. The molecule has 0 amide bonds. The topological polar surface area (TPSA) is 80.9 Å². The third kappa shape index (κ3) is 3.48. The van der Waals surface area contributed by atoms with Crippen molar-refractivity contribution >= 4 is 17.0 Å². The number of aryl methyl sites for hydroxylation is 1. The van der Waals surface area contributed by atoms with Gasteiger partial charge in [-0.1, -0.05) is 42.1 Å².